The van der Waals surface area contributed by atoms with E-state index in [1.807, 2.05) is 0 Å². The van der Waals surface area contributed by atoms with Gasteiger partial charge in [0.25, 0.3) is 0 Å². The Balaban J connectivity index is 0.000000243. The molecule has 668 valence electrons. The molecule has 35 heteroatoms. The van der Waals surface area contributed by atoms with Crippen LogP contribution >= 0.6 is 0 Å². The molecule has 0 aromatic heterocycles. The first kappa shape index (κ1) is 101. The zero-order valence-corrected chi connectivity index (χ0v) is 74.5. The van der Waals surface area contributed by atoms with Gasteiger partial charge in [-0.2, -0.15) is 0 Å². The highest BCUT2D eigenvalue weighted by molar-refractivity contribution is 7.92. The van der Waals surface area contributed by atoms with E-state index in [0.717, 1.165) is 0 Å². The Bertz CT molecular complexity index is 5420. The van der Waals surface area contributed by atoms with E-state index in [9.17, 15) is 61.3 Å². The van der Waals surface area contributed by atoms with Crippen LogP contribution in [0.25, 0.3) is 0 Å². The largest absolute Gasteiger partial charge is 0.514 e. The predicted molar refractivity (Wildman–Crippen MR) is 459 cm³/mol. The molecule has 2 atom stereocenters. The lowest BCUT2D eigenvalue weighted by Gasteiger charge is -2.18. The van der Waals surface area contributed by atoms with Crippen LogP contribution in [0.4, 0.5) is 9.59 Å². The predicted octanol–water partition coefficient (Wildman–Crippen LogP) is 15.7. The Kier molecular flexibility index (Phi) is 38.5. The molecule has 0 radical (unpaired) electrons. The van der Waals surface area contributed by atoms with Gasteiger partial charge >= 0.3 is 24.2 Å². The average molecular weight is 1820 g/mol. The summed E-state index contributed by atoms with van der Waals surface area (Å²) in [6, 6.07) is 58.7. The van der Waals surface area contributed by atoms with E-state index < -0.39 is 97.2 Å². The second-order valence-electron chi connectivity index (χ2n) is 27.7. The number of hydrogen-bond acceptors (Lipinski definition) is 30. The van der Waals surface area contributed by atoms with Gasteiger partial charge in [-0.15, -0.1) is 0 Å². The topological polar surface area (TPSA) is 409 Å². The van der Waals surface area contributed by atoms with Crippen LogP contribution in [0.2, 0.25) is 0 Å². The third-order valence-electron chi connectivity index (χ3n) is 15.8. The maximum atomic E-state index is 12.8. The first-order valence-electron chi connectivity index (χ1n) is 37.7. The molecule has 0 saturated heterocycles. The lowest BCUT2D eigenvalue weighted by Crippen LogP contribution is -2.25. The Morgan fingerprint density at radius 1 is 0.304 bits per heavy atom. The fourth-order valence-electron chi connectivity index (χ4n) is 9.87. The van der Waals surface area contributed by atoms with E-state index in [1.54, 1.807) is 140 Å². The van der Waals surface area contributed by atoms with Crippen LogP contribution in [0, 0.1) is 0 Å². The van der Waals surface area contributed by atoms with Crippen LogP contribution in [0.15, 0.2) is 317 Å². The summed E-state index contributed by atoms with van der Waals surface area (Å²) >= 11 is 0. The minimum Gasteiger partial charge on any atom is -0.491 e. The second-order valence-corrected chi connectivity index (χ2v) is 37.5. The molecule has 10 rings (SSSR count). The summed E-state index contributed by atoms with van der Waals surface area (Å²) in [6.45, 7) is 24.2. The van der Waals surface area contributed by atoms with Gasteiger partial charge in [0.05, 0.1) is 62.2 Å². The molecular weight excluding hydrogens is 1720 g/mol. The monoisotopic (exact) mass is 1820 g/mol. The lowest BCUT2D eigenvalue weighted by atomic mass is 10.2. The van der Waals surface area contributed by atoms with Crippen molar-refractivity contribution in [2.24, 2.45) is 0 Å². The second kappa shape index (κ2) is 47.4. The number of carbonyl (C=O) groups excluding carboxylic acids is 4. The number of hydrogen-bond donors (Lipinski definition) is 2. The molecule has 0 aliphatic rings. The van der Waals surface area contributed by atoms with Gasteiger partial charge in [-0.1, -0.05) is 25.3 Å². The first-order chi connectivity index (χ1) is 59.0. The van der Waals surface area contributed by atoms with E-state index in [2.05, 4.69) is 13.2 Å². The maximum absolute atomic E-state index is 12.8. The molecule has 0 aliphatic carbocycles. The summed E-state index contributed by atoms with van der Waals surface area (Å²) in [6.07, 6.45) is 0.655. The molecule has 0 amide bonds. The summed E-state index contributed by atoms with van der Waals surface area (Å²) in [5.41, 5.74) is -1.42. The van der Waals surface area contributed by atoms with Crippen molar-refractivity contribution in [2.75, 3.05) is 53.9 Å². The average Bonchev–Trinajstić information content (AvgIpc) is 0.803. The minimum absolute atomic E-state index is 0.00449. The van der Waals surface area contributed by atoms with Crippen molar-refractivity contribution in [3.63, 3.8) is 0 Å². The van der Waals surface area contributed by atoms with E-state index >= 15 is 0 Å². The molecule has 2 unspecified atom stereocenters. The highest BCUT2D eigenvalue weighted by Crippen LogP contribution is 2.32. The third kappa shape index (κ3) is 33.0. The van der Waals surface area contributed by atoms with Gasteiger partial charge in [0, 0.05) is 28.1 Å². The standard InChI is InChI=1S/C22H26O8S.C18H22O6S.C18H18O4S.C16H14O6S.C16H18O6S/c1-21(2,3)29-19(23)27-15-7-11-17(12-8-15)31(25,26)18-13-9-16(10-14-18)28-20(24)30-22(4,5)6;1-13(21-3)23-15-5-9-17(10-6-15)25(19,20)18-11-7-16(8-12-18)24-14(2)22-4;1-3-13-21-15-5-9-17(10-6-15)23(19,20)18-11-7-16(8-12-18)22-14-4-2;1-11(17)21-13-3-7-15(8-4-13)23(19,20)16-9-5-14(6-10-16)22-12(2)18;17-9-11-21-13-1-5-15(6-2-13)23(19,20)16-7-3-14(4-8-16)22-12-10-18/h7-14H,1-6H3;5-14H,1-4H3;3-12H,1-2,13-14H2;3-10H,1-2H3;1-8,17-18H,9-12H2. The maximum Gasteiger partial charge on any atom is 0.514 e. The molecule has 2 N–H and O–H groups in total. The van der Waals surface area contributed by atoms with Gasteiger partial charge in [0.1, 0.15) is 95.1 Å². The fourth-order valence-corrected chi connectivity index (χ4v) is 16.2. The SMILES string of the molecule is C=CCOc1ccc(S(=O)(=O)c2ccc(OCC=C)cc2)cc1.CC(=O)Oc1ccc(S(=O)(=O)c2ccc(OC(C)=O)cc2)cc1.CC(C)(C)OC(=O)Oc1ccc(S(=O)(=O)c2ccc(OC(=O)OC(C)(C)C)cc2)cc1.COC(C)Oc1ccc(S(=O)(=O)c2ccc(OC(C)OC)cc2)cc1.O=S(=O)(c1ccc(OCCO)cc1)c1ccc(OCCO)cc1. The number of benzene rings is 10. The highest BCUT2D eigenvalue weighted by Gasteiger charge is 2.26. The molecule has 0 fully saturated rings. The van der Waals surface area contributed by atoms with Crippen molar-refractivity contribution >= 4 is 73.4 Å². The summed E-state index contributed by atoms with van der Waals surface area (Å²) in [5.74, 6) is 3.09. The molecule has 10 aromatic carbocycles. The van der Waals surface area contributed by atoms with Crippen LogP contribution in [0.5, 0.6) is 57.5 Å². The third-order valence-corrected chi connectivity index (χ3v) is 24.7. The van der Waals surface area contributed by atoms with Crippen LogP contribution in [-0.4, -0.2) is 154 Å². The molecule has 0 aliphatic heterocycles. The Labute approximate surface area is 727 Å². The lowest BCUT2D eigenvalue weighted by molar-refractivity contribution is -0.132. The first-order valence-corrected chi connectivity index (χ1v) is 45.2. The van der Waals surface area contributed by atoms with E-state index in [4.69, 9.17) is 76.5 Å². The Hall–Kier alpha value is -12.5. The van der Waals surface area contributed by atoms with Crippen molar-refractivity contribution in [1.29, 1.82) is 0 Å². The van der Waals surface area contributed by atoms with Crippen molar-refractivity contribution in [1.82, 2.24) is 0 Å². The van der Waals surface area contributed by atoms with E-state index in [-0.39, 0.29) is 98.4 Å². The van der Waals surface area contributed by atoms with Crippen LogP contribution in [-0.2, 0) is 77.7 Å². The normalized spacial score (nSPS) is 11.8. The summed E-state index contributed by atoms with van der Waals surface area (Å²) < 4.78 is 198. The van der Waals surface area contributed by atoms with E-state index in [0.29, 0.717) is 47.7 Å². The quantitative estimate of drug-likeness (QED) is 0.0130. The zero-order chi connectivity index (χ0) is 92.4. The molecule has 125 heavy (non-hydrogen) atoms. The van der Waals surface area contributed by atoms with Crippen molar-refractivity contribution in [3.05, 3.63) is 268 Å². The molecule has 0 spiro atoms. The molecular formula is C90H98O30S5. The minimum atomic E-state index is -3.83. The van der Waals surface area contributed by atoms with Crippen LogP contribution < -0.4 is 47.4 Å². The molecule has 0 heterocycles. The van der Waals surface area contributed by atoms with Crippen molar-refractivity contribution < 1.29 is 138 Å². The smallest absolute Gasteiger partial charge is 0.491 e. The van der Waals surface area contributed by atoms with E-state index in [1.165, 1.54) is 198 Å². The number of rotatable bonds is 32. The number of esters is 2. The summed E-state index contributed by atoms with van der Waals surface area (Å²) in [7, 11) is -15.3. The number of methoxy groups -OCH3 is 2. The molecule has 0 saturated carbocycles. The zero-order valence-electron chi connectivity index (χ0n) is 70.4. The number of carbonyl (C=O) groups is 4. The summed E-state index contributed by atoms with van der Waals surface area (Å²) in [5, 5.41) is 17.4. The molecule has 10 aromatic rings. The van der Waals surface area contributed by atoms with Gasteiger partial charge in [-0.05, 0) is 298 Å². The van der Waals surface area contributed by atoms with Crippen LogP contribution in [0.3, 0.4) is 0 Å². The van der Waals surface area contributed by atoms with Gasteiger partial charge in [-0.25, -0.2) is 51.7 Å². The molecule has 30 nitrogen and oxygen atoms in total. The van der Waals surface area contributed by atoms with Crippen molar-refractivity contribution in [3.8, 4) is 57.5 Å². The highest BCUT2D eigenvalue weighted by atomic mass is 32.2. The van der Waals surface area contributed by atoms with Gasteiger partial charge < -0.3 is 76.5 Å². The number of aliphatic hydroxyl groups excluding tert-OH is 2. The van der Waals surface area contributed by atoms with Gasteiger partial charge in [0.15, 0.2) is 12.6 Å². The van der Waals surface area contributed by atoms with Crippen molar-refractivity contribution in [2.45, 2.75) is 142 Å². The number of ether oxygens (including phenoxy) is 14. The van der Waals surface area contributed by atoms with Gasteiger partial charge in [0.2, 0.25) is 49.2 Å². The number of sulfone groups is 5. The molecule has 0 bridgehead atoms. The fraction of sp³-hybridized carbons (Fsp3) is 0.244. The van der Waals surface area contributed by atoms with Crippen LogP contribution in [0.1, 0.15) is 69.2 Å². The Morgan fingerprint density at radius 3 is 0.648 bits per heavy atom. The number of aliphatic hydroxyl groups is 2. The Morgan fingerprint density at radius 2 is 0.480 bits per heavy atom. The van der Waals surface area contributed by atoms with Gasteiger partial charge in [-0.3, -0.25) is 9.59 Å². The summed E-state index contributed by atoms with van der Waals surface area (Å²) in [4.78, 5) is 46.3.